The Morgan fingerprint density at radius 2 is 1.12 bits per heavy atom. The molecule has 3 aromatic carbocycles. The van der Waals surface area contributed by atoms with Gasteiger partial charge in [0.25, 0.3) is 0 Å². The van der Waals surface area contributed by atoms with Crippen LogP contribution in [-0.4, -0.2) is 30.1 Å². The molecule has 0 heterocycles. The van der Waals surface area contributed by atoms with Gasteiger partial charge in [-0.2, -0.15) is 0 Å². The van der Waals surface area contributed by atoms with Crippen molar-refractivity contribution in [3.63, 3.8) is 0 Å². The number of fused-ring (bicyclic) bond motifs is 3. The predicted octanol–water partition coefficient (Wildman–Crippen LogP) is 10.5. The molecule has 0 saturated carbocycles. The average Bonchev–Trinajstić information content (AvgIpc) is 3.47. The lowest BCUT2D eigenvalue weighted by molar-refractivity contribution is -0.153. The fourth-order valence-corrected chi connectivity index (χ4v) is 7.08. The van der Waals surface area contributed by atoms with E-state index in [1.807, 2.05) is 54.6 Å². The van der Waals surface area contributed by atoms with Gasteiger partial charge in [-0.15, -0.1) is 0 Å². The van der Waals surface area contributed by atoms with Crippen LogP contribution in [0.5, 0.6) is 0 Å². The molecular weight excluding hydrogens is 636 g/mol. The molecule has 0 bridgehead atoms. The van der Waals surface area contributed by atoms with Crippen molar-refractivity contribution in [3.8, 4) is 11.1 Å². The lowest BCUT2D eigenvalue weighted by Gasteiger charge is -2.28. The van der Waals surface area contributed by atoms with Crippen LogP contribution in [0.2, 0.25) is 0 Å². The Morgan fingerprint density at radius 1 is 0.627 bits per heavy atom. The molecule has 7 heteroatoms. The summed E-state index contributed by atoms with van der Waals surface area (Å²) in [6.45, 7) is 2.39. The smallest absolute Gasteiger partial charge is 0.409 e. The van der Waals surface area contributed by atoms with Crippen molar-refractivity contribution in [2.24, 2.45) is 5.73 Å². The zero-order valence-electron chi connectivity index (χ0n) is 30.8. The van der Waals surface area contributed by atoms with E-state index in [4.69, 9.17) is 15.2 Å². The van der Waals surface area contributed by atoms with E-state index in [9.17, 15) is 14.4 Å². The maximum atomic E-state index is 13.4. The summed E-state index contributed by atoms with van der Waals surface area (Å²) in [6, 6.07) is 25.5. The third-order valence-corrected chi connectivity index (χ3v) is 10.1. The van der Waals surface area contributed by atoms with Crippen LogP contribution in [-0.2, 0) is 25.7 Å². The maximum absolute atomic E-state index is 13.4. The molecule has 1 atom stereocenters. The summed E-state index contributed by atoms with van der Waals surface area (Å²) in [4.78, 5) is 39.2. The van der Waals surface area contributed by atoms with Gasteiger partial charge in [-0.05, 0) is 53.5 Å². The summed E-state index contributed by atoms with van der Waals surface area (Å²) in [7, 11) is 0. The van der Waals surface area contributed by atoms with Gasteiger partial charge in [0.05, 0.1) is 0 Å². The first-order valence-corrected chi connectivity index (χ1v) is 19.6. The van der Waals surface area contributed by atoms with Crippen LogP contribution in [0.3, 0.4) is 0 Å². The van der Waals surface area contributed by atoms with Crippen LogP contribution < -0.4 is 11.1 Å². The monoisotopic (exact) mass is 696 g/mol. The summed E-state index contributed by atoms with van der Waals surface area (Å²) in [5, 5.41) is 2.63. The number of ether oxygens (including phenoxy) is 2. The highest BCUT2D eigenvalue weighted by molar-refractivity contribution is 5.85. The molecule has 4 rings (SSSR count). The minimum atomic E-state index is -1.80. The number of hydrogen-bond donors (Lipinski definition) is 2. The van der Waals surface area contributed by atoms with Gasteiger partial charge >= 0.3 is 12.1 Å². The van der Waals surface area contributed by atoms with Crippen LogP contribution in [0.15, 0.2) is 78.9 Å². The summed E-state index contributed by atoms with van der Waals surface area (Å²) >= 11 is 0. The molecule has 0 saturated heterocycles. The van der Waals surface area contributed by atoms with Gasteiger partial charge in [-0.3, -0.25) is 15.8 Å². The van der Waals surface area contributed by atoms with Gasteiger partial charge in [0.15, 0.2) is 5.66 Å². The third kappa shape index (κ3) is 13.3. The largest absolute Gasteiger partial charge is 0.458 e. The molecule has 276 valence electrons. The number of Topliss-reactive ketones (excluding diaryl/α,β-unsaturated/α-hetero) is 1. The zero-order chi connectivity index (χ0) is 36.2. The minimum Gasteiger partial charge on any atom is -0.458 e. The number of nitrogens with two attached hydrogens (primary N) is 1. The molecule has 3 N–H and O–H groups in total. The van der Waals surface area contributed by atoms with E-state index in [0.717, 1.165) is 40.7 Å². The van der Waals surface area contributed by atoms with E-state index < -0.39 is 17.7 Å². The molecule has 51 heavy (non-hydrogen) atoms. The number of carbonyl (C=O) groups is 3. The molecule has 1 unspecified atom stereocenters. The molecule has 0 spiro atoms. The van der Waals surface area contributed by atoms with Gasteiger partial charge in [0, 0.05) is 18.8 Å². The highest BCUT2D eigenvalue weighted by Crippen LogP contribution is 2.44. The fourth-order valence-electron chi connectivity index (χ4n) is 7.08. The lowest BCUT2D eigenvalue weighted by atomic mass is 9.98. The molecule has 1 aliphatic carbocycles. The van der Waals surface area contributed by atoms with Crippen molar-refractivity contribution < 1.29 is 23.9 Å². The Kier molecular flexibility index (Phi) is 17.2. The second-order valence-electron chi connectivity index (χ2n) is 14.2. The van der Waals surface area contributed by atoms with Crippen LogP contribution >= 0.6 is 0 Å². The van der Waals surface area contributed by atoms with Crippen molar-refractivity contribution in [1.82, 2.24) is 5.32 Å². The van der Waals surface area contributed by atoms with E-state index >= 15 is 0 Å². The Hall–Kier alpha value is -3.97. The van der Waals surface area contributed by atoms with Crippen LogP contribution in [0.1, 0.15) is 145 Å². The number of alkyl carbamates (subject to hydrolysis) is 1. The third-order valence-electron chi connectivity index (χ3n) is 10.1. The van der Waals surface area contributed by atoms with E-state index in [0.29, 0.717) is 25.7 Å². The van der Waals surface area contributed by atoms with Gasteiger partial charge in [-0.25, -0.2) is 9.59 Å². The first-order valence-electron chi connectivity index (χ1n) is 19.6. The number of rotatable bonds is 25. The molecule has 7 nitrogen and oxygen atoms in total. The Balaban J connectivity index is 1.18. The number of hydrogen-bond acceptors (Lipinski definition) is 6. The molecule has 3 aromatic rings. The maximum Gasteiger partial charge on any atom is 0.409 e. The number of unbranched alkanes of at least 4 members (excludes halogenated alkanes) is 13. The topological polar surface area (TPSA) is 108 Å². The molecule has 0 radical (unpaired) electrons. The number of benzene rings is 3. The first-order chi connectivity index (χ1) is 24.9. The van der Waals surface area contributed by atoms with Crippen molar-refractivity contribution in [1.29, 1.82) is 0 Å². The number of amides is 1. The van der Waals surface area contributed by atoms with Gasteiger partial charge in [-0.1, -0.05) is 163 Å². The Bertz CT molecular complexity index is 1450. The molecule has 0 aliphatic heterocycles. The Labute approximate surface area is 306 Å². The molecule has 1 amide bonds. The summed E-state index contributed by atoms with van der Waals surface area (Å²) < 4.78 is 11.3. The summed E-state index contributed by atoms with van der Waals surface area (Å²) in [5.74, 6) is -0.628. The first kappa shape index (κ1) is 39.8. The normalized spacial score (nSPS) is 13.2. The van der Waals surface area contributed by atoms with E-state index in [1.54, 1.807) is 0 Å². The standard InChI is InChI=1S/C44H60N2O5/c1-2-3-4-5-6-7-8-9-10-11-12-13-17-26-36(47)27-22-23-32-44(45,42(48)50-33-35-24-15-14-16-25-35)46-43(49)51-34-41-39-30-20-18-28-37(39)38-29-19-21-31-40(38)41/h14-16,18-21,24-25,28-31,41H,2-13,17,22-23,26-27,32-34,45H2,1H3,(H,46,49). The van der Waals surface area contributed by atoms with Crippen molar-refractivity contribution in [3.05, 3.63) is 95.6 Å². The highest BCUT2D eigenvalue weighted by Gasteiger charge is 2.38. The number of carbonyl (C=O) groups excluding carboxylic acids is 3. The zero-order valence-corrected chi connectivity index (χ0v) is 30.8. The van der Waals surface area contributed by atoms with Crippen molar-refractivity contribution in [2.45, 2.75) is 141 Å². The summed E-state index contributed by atoms with van der Waals surface area (Å²) in [6.07, 6.45) is 18.0. The van der Waals surface area contributed by atoms with Crippen molar-refractivity contribution in [2.75, 3.05) is 6.61 Å². The predicted molar refractivity (Wildman–Crippen MR) is 205 cm³/mol. The second-order valence-corrected chi connectivity index (χ2v) is 14.2. The quantitative estimate of drug-likeness (QED) is 0.0519. The van der Waals surface area contributed by atoms with Gasteiger partial charge in [0.1, 0.15) is 19.0 Å². The van der Waals surface area contributed by atoms with Crippen molar-refractivity contribution >= 4 is 17.8 Å². The highest BCUT2D eigenvalue weighted by atomic mass is 16.6. The SMILES string of the molecule is CCCCCCCCCCCCCCCC(=O)CCCCC(N)(NC(=O)OCC1c2ccccc2-c2ccccc21)C(=O)OCc1ccccc1. The Morgan fingerprint density at radius 3 is 1.69 bits per heavy atom. The molecule has 0 fully saturated rings. The molecule has 1 aliphatic rings. The van der Waals surface area contributed by atoms with Gasteiger partial charge in [0.2, 0.25) is 0 Å². The van der Waals surface area contributed by atoms with E-state index in [2.05, 4.69) is 36.5 Å². The van der Waals surface area contributed by atoms with Crippen LogP contribution in [0, 0.1) is 0 Å². The fraction of sp³-hybridized carbons (Fsp3) is 0.523. The summed E-state index contributed by atoms with van der Waals surface area (Å²) in [5.41, 5.74) is 10.0. The number of esters is 1. The van der Waals surface area contributed by atoms with E-state index in [-0.39, 0.29) is 31.3 Å². The van der Waals surface area contributed by atoms with Crippen LogP contribution in [0.25, 0.3) is 11.1 Å². The number of nitrogens with one attached hydrogen (secondary N) is 1. The molecular formula is C44H60N2O5. The number of ketones is 1. The minimum absolute atomic E-state index is 0.0304. The average molecular weight is 697 g/mol. The van der Waals surface area contributed by atoms with Gasteiger partial charge < -0.3 is 9.47 Å². The van der Waals surface area contributed by atoms with Crippen LogP contribution in [0.4, 0.5) is 4.79 Å². The molecule has 0 aromatic heterocycles. The van der Waals surface area contributed by atoms with E-state index in [1.165, 1.54) is 70.6 Å². The lowest BCUT2D eigenvalue weighted by Crippen LogP contribution is -2.62. The second kappa shape index (κ2) is 22.1.